The molecule has 0 radical (unpaired) electrons. The van der Waals surface area contributed by atoms with E-state index in [1.807, 2.05) is 86.7 Å². The minimum absolute atomic E-state index is 0.105. The fraction of sp³-hybridized carbons (Fsp3) is 0.241. The summed E-state index contributed by atoms with van der Waals surface area (Å²) in [5.74, 6) is 1.25. The van der Waals surface area contributed by atoms with Gasteiger partial charge in [-0.1, -0.05) is 54.8 Å². The Balaban J connectivity index is 1.68. The minimum atomic E-state index is -0.105. The minimum Gasteiger partial charge on any atom is -0.493 e. The fourth-order valence-electron chi connectivity index (χ4n) is 3.57. The smallest absolute Gasteiger partial charge is 0.271 e. The third-order valence-electron chi connectivity index (χ3n) is 5.60. The quantitative estimate of drug-likeness (QED) is 0.248. The summed E-state index contributed by atoms with van der Waals surface area (Å²) in [5.41, 5.74) is 4.76. The lowest BCUT2D eigenvalue weighted by atomic mass is 10.1. The van der Waals surface area contributed by atoms with Gasteiger partial charge in [0, 0.05) is 0 Å². The lowest BCUT2D eigenvalue weighted by Gasteiger charge is -2.16. The number of thioether (sulfide) groups is 1. The zero-order chi connectivity index (χ0) is 24.8. The first-order chi connectivity index (χ1) is 17.0. The SMILES string of the molecule is CCCCOc1ccc(/C=C2/SC(=Nc3ccc(C)cc3)N(c3ccc(C)cc3)C2=O)cc1OC. The summed E-state index contributed by atoms with van der Waals surface area (Å²) >= 11 is 1.37. The number of ether oxygens (including phenoxy) is 2. The van der Waals surface area contributed by atoms with Crippen LogP contribution in [0.15, 0.2) is 76.6 Å². The van der Waals surface area contributed by atoms with Gasteiger partial charge >= 0.3 is 0 Å². The third-order valence-corrected chi connectivity index (χ3v) is 6.57. The lowest BCUT2D eigenvalue weighted by Crippen LogP contribution is -2.28. The highest BCUT2D eigenvalue weighted by Gasteiger charge is 2.34. The maximum atomic E-state index is 13.5. The van der Waals surface area contributed by atoms with E-state index < -0.39 is 0 Å². The van der Waals surface area contributed by atoms with Gasteiger partial charge in [0.25, 0.3) is 5.91 Å². The molecular formula is C29H30N2O3S. The molecule has 0 aromatic heterocycles. The molecule has 3 aromatic rings. The molecule has 0 aliphatic carbocycles. The van der Waals surface area contributed by atoms with E-state index >= 15 is 0 Å². The van der Waals surface area contributed by atoms with Gasteiger partial charge in [-0.2, -0.15) is 0 Å². The third kappa shape index (κ3) is 5.95. The van der Waals surface area contributed by atoms with E-state index in [0.717, 1.165) is 40.9 Å². The molecule has 5 nitrogen and oxygen atoms in total. The molecule has 0 bridgehead atoms. The number of nitrogens with zero attached hydrogens (tertiary/aromatic N) is 2. The second-order valence-electron chi connectivity index (χ2n) is 8.43. The highest BCUT2D eigenvalue weighted by molar-refractivity contribution is 8.19. The maximum Gasteiger partial charge on any atom is 0.271 e. The number of carbonyl (C=O) groups is 1. The molecule has 0 saturated carbocycles. The Bertz CT molecular complexity index is 1250. The number of amides is 1. The first-order valence-electron chi connectivity index (χ1n) is 11.8. The number of rotatable bonds is 8. The first kappa shape index (κ1) is 24.6. The number of hydrogen-bond acceptors (Lipinski definition) is 5. The van der Waals surface area contributed by atoms with Crippen LogP contribution in [0.5, 0.6) is 11.5 Å². The van der Waals surface area contributed by atoms with Gasteiger partial charge in [-0.25, -0.2) is 4.99 Å². The van der Waals surface area contributed by atoms with Crippen molar-refractivity contribution in [2.75, 3.05) is 18.6 Å². The molecule has 0 atom stereocenters. The van der Waals surface area contributed by atoms with Crippen LogP contribution < -0.4 is 14.4 Å². The van der Waals surface area contributed by atoms with Crippen LogP contribution in [-0.4, -0.2) is 24.8 Å². The second kappa shape index (κ2) is 11.3. The van der Waals surface area contributed by atoms with Crippen molar-refractivity contribution >= 4 is 40.3 Å². The topological polar surface area (TPSA) is 51.1 Å². The van der Waals surface area contributed by atoms with Crippen LogP contribution in [0.1, 0.15) is 36.5 Å². The van der Waals surface area contributed by atoms with Crippen molar-refractivity contribution in [2.45, 2.75) is 33.6 Å². The number of methoxy groups -OCH3 is 1. The molecule has 3 aromatic carbocycles. The Kier molecular flexibility index (Phi) is 7.93. The Morgan fingerprint density at radius 3 is 2.29 bits per heavy atom. The van der Waals surface area contributed by atoms with Gasteiger partial charge in [0.2, 0.25) is 0 Å². The molecule has 1 saturated heterocycles. The summed E-state index contributed by atoms with van der Waals surface area (Å²) in [4.78, 5) is 20.6. The number of carbonyl (C=O) groups excluding carboxylic acids is 1. The normalized spacial score (nSPS) is 15.8. The van der Waals surface area contributed by atoms with Crippen molar-refractivity contribution in [3.8, 4) is 11.5 Å². The number of aryl methyl sites for hydroxylation is 2. The monoisotopic (exact) mass is 486 g/mol. The zero-order valence-electron chi connectivity index (χ0n) is 20.6. The van der Waals surface area contributed by atoms with Crippen molar-refractivity contribution in [1.29, 1.82) is 0 Å². The molecule has 0 unspecified atom stereocenters. The molecule has 6 heteroatoms. The molecule has 1 fully saturated rings. The predicted molar refractivity (Wildman–Crippen MR) is 146 cm³/mol. The molecule has 1 aliphatic rings. The molecule has 4 rings (SSSR count). The van der Waals surface area contributed by atoms with Crippen LogP contribution >= 0.6 is 11.8 Å². The van der Waals surface area contributed by atoms with Crippen molar-refractivity contribution in [2.24, 2.45) is 4.99 Å². The second-order valence-corrected chi connectivity index (χ2v) is 9.44. The van der Waals surface area contributed by atoms with E-state index in [2.05, 4.69) is 6.92 Å². The Morgan fingerprint density at radius 1 is 0.943 bits per heavy atom. The maximum absolute atomic E-state index is 13.5. The lowest BCUT2D eigenvalue weighted by molar-refractivity contribution is -0.113. The van der Waals surface area contributed by atoms with Gasteiger partial charge in [0.05, 0.1) is 30.0 Å². The summed E-state index contributed by atoms with van der Waals surface area (Å²) in [5, 5.41) is 0.625. The van der Waals surface area contributed by atoms with Crippen molar-refractivity contribution < 1.29 is 14.3 Å². The largest absolute Gasteiger partial charge is 0.493 e. The van der Waals surface area contributed by atoms with Crippen molar-refractivity contribution in [1.82, 2.24) is 0 Å². The molecular weight excluding hydrogens is 456 g/mol. The average Bonchev–Trinajstić information content (AvgIpc) is 3.16. The Morgan fingerprint density at radius 2 is 1.63 bits per heavy atom. The van der Waals surface area contributed by atoms with Gasteiger partial charge in [-0.15, -0.1) is 0 Å². The Hall–Kier alpha value is -3.51. The van der Waals surface area contributed by atoms with Gasteiger partial charge in [0.15, 0.2) is 16.7 Å². The van der Waals surface area contributed by atoms with Crippen LogP contribution in [0.2, 0.25) is 0 Å². The molecule has 180 valence electrons. The first-order valence-corrected chi connectivity index (χ1v) is 12.6. The molecule has 1 heterocycles. The number of hydrogen-bond donors (Lipinski definition) is 0. The highest BCUT2D eigenvalue weighted by Crippen LogP contribution is 2.38. The van der Waals surface area contributed by atoms with E-state index in [4.69, 9.17) is 14.5 Å². The predicted octanol–water partition coefficient (Wildman–Crippen LogP) is 7.30. The van der Waals surface area contributed by atoms with E-state index in [1.54, 1.807) is 12.0 Å². The van der Waals surface area contributed by atoms with E-state index in [9.17, 15) is 4.79 Å². The molecule has 1 aliphatic heterocycles. The summed E-state index contributed by atoms with van der Waals surface area (Å²) in [6.07, 6.45) is 3.93. The van der Waals surface area contributed by atoms with Crippen LogP contribution in [0.3, 0.4) is 0 Å². The zero-order valence-corrected chi connectivity index (χ0v) is 21.4. The van der Waals surface area contributed by atoms with Crippen LogP contribution in [0, 0.1) is 13.8 Å². The van der Waals surface area contributed by atoms with E-state index in [1.165, 1.54) is 11.8 Å². The molecule has 0 spiro atoms. The van der Waals surface area contributed by atoms with Crippen LogP contribution in [0.4, 0.5) is 11.4 Å². The average molecular weight is 487 g/mol. The van der Waals surface area contributed by atoms with E-state index in [-0.39, 0.29) is 5.91 Å². The summed E-state index contributed by atoms with van der Waals surface area (Å²) < 4.78 is 11.4. The Labute approximate surface area is 211 Å². The summed E-state index contributed by atoms with van der Waals surface area (Å²) in [7, 11) is 1.62. The number of unbranched alkanes of at least 4 members (excludes halogenated alkanes) is 1. The molecule has 0 N–H and O–H groups in total. The molecule has 1 amide bonds. The van der Waals surface area contributed by atoms with Crippen molar-refractivity contribution in [3.63, 3.8) is 0 Å². The molecule has 35 heavy (non-hydrogen) atoms. The standard InChI is InChI=1S/C29H30N2O3S/c1-5-6-17-34-25-16-11-22(18-26(25)33-4)19-27-28(32)31(24-14-9-21(3)10-15-24)29(35-27)30-23-12-7-20(2)8-13-23/h7-16,18-19H,5-6,17H2,1-4H3/b27-19+,30-29?. The highest BCUT2D eigenvalue weighted by atomic mass is 32.2. The van der Waals surface area contributed by atoms with E-state index in [0.29, 0.717) is 28.2 Å². The van der Waals surface area contributed by atoms with Crippen LogP contribution in [-0.2, 0) is 4.79 Å². The summed E-state index contributed by atoms with van der Waals surface area (Å²) in [6.45, 7) is 6.84. The summed E-state index contributed by atoms with van der Waals surface area (Å²) in [6, 6.07) is 21.6. The van der Waals surface area contributed by atoms with Gasteiger partial charge in [-0.3, -0.25) is 9.69 Å². The van der Waals surface area contributed by atoms with Gasteiger partial charge in [-0.05, 0) is 80.1 Å². The van der Waals surface area contributed by atoms with Gasteiger partial charge < -0.3 is 9.47 Å². The van der Waals surface area contributed by atoms with Crippen LogP contribution in [0.25, 0.3) is 6.08 Å². The fourth-order valence-corrected chi connectivity index (χ4v) is 4.57. The van der Waals surface area contributed by atoms with Gasteiger partial charge in [0.1, 0.15) is 0 Å². The number of anilines is 1. The number of amidine groups is 1. The number of aliphatic imine (C=N–C) groups is 1. The number of benzene rings is 3. The van der Waals surface area contributed by atoms with Crippen molar-refractivity contribution in [3.05, 3.63) is 88.3 Å².